The van der Waals surface area contributed by atoms with Crippen molar-refractivity contribution in [3.63, 3.8) is 0 Å². The van der Waals surface area contributed by atoms with Crippen molar-refractivity contribution >= 4 is 33.2 Å². The van der Waals surface area contributed by atoms with Crippen molar-refractivity contribution in [2.75, 3.05) is 17.1 Å². The molecule has 1 N–H and O–H groups in total. The van der Waals surface area contributed by atoms with Crippen molar-refractivity contribution in [1.82, 2.24) is 5.32 Å². The Bertz CT molecular complexity index is 901. The van der Waals surface area contributed by atoms with Crippen LogP contribution in [0, 0.1) is 5.92 Å². The van der Waals surface area contributed by atoms with Crippen LogP contribution in [0.5, 0.6) is 0 Å². The van der Waals surface area contributed by atoms with Gasteiger partial charge in [0, 0.05) is 18.0 Å². The first kappa shape index (κ1) is 23.2. The first-order chi connectivity index (χ1) is 13.7. The zero-order valence-corrected chi connectivity index (χ0v) is 18.7. The summed E-state index contributed by atoms with van der Waals surface area (Å²) in [6, 6.07) is 16.5. The van der Waals surface area contributed by atoms with Gasteiger partial charge in [0.05, 0.1) is 18.0 Å². The van der Waals surface area contributed by atoms with Crippen molar-refractivity contribution in [2.45, 2.75) is 39.2 Å². The standard InChI is InChI=1S/C22H29ClN2O3S/c1-17(2)15-21(18-9-5-4-6-10-18)24-22(26)13-8-14-25(29(3,27)28)20-12-7-11-19(23)16-20/h4-7,9-12,16-17,21H,8,13-15H2,1-3H3,(H,24,26)/t21-/m0/s1. The lowest BCUT2D eigenvalue weighted by Crippen LogP contribution is -2.33. The van der Waals surface area contributed by atoms with Crippen LogP contribution in [0.1, 0.15) is 44.7 Å². The molecule has 1 amide bonds. The summed E-state index contributed by atoms with van der Waals surface area (Å²) in [5, 5.41) is 3.56. The Balaban J connectivity index is 1.99. The number of carbonyl (C=O) groups excluding carboxylic acids is 1. The number of sulfonamides is 1. The molecule has 158 valence electrons. The van der Waals surface area contributed by atoms with Gasteiger partial charge in [-0.1, -0.05) is 61.8 Å². The minimum atomic E-state index is -3.47. The minimum Gasteiger partial charge on any atom is -0.349 e. The number of nitrogens with one attached hydrogen (secondary N) is 1. The van der Waals surface area contributed by atoms with Crippen molar-refractivity contribution in [2.24, 2.45) is 5.92 Å². The number of rotatable bonds is 10. The lowest BCUT2D eigenvalue weighted by atomic mass is 9.97. The molecule has 7 heteroatoms. The van der Waals surface area contributed by atoms with Gasteiger partial charge in [-0.05, 0) is 42.5 Å². The molecule has 0 spiro atoms. The van der Waals surface area contributed by atoms with E-state index in [1.54, 1.807) is 24.3 Å². The molecular formula is C22H29ClN2O3S. The molecule has 0 aliphatic carbocycles. The summed E-state index contributed by atoms with van der Waals surface area (Å²) in [7, 11) is -3.47. The summed E-state index contributed by atoms with van der Waals surface area (Å²) in [6.07, 6.45) is 2.65. The van der Waals surface area contributed by atoms with Crippen LogP contribution in [0.2, 0.25) is 5.02 Å². The van der Waals surface area contributed by atoms with Crippen LogP contribution in [0.15, 0.2) is 54.6 Å². The molecule has 0 unspecified atom stereocenters. The van der Waals surface area contributed by atoms with Gasteiger partial charge < -0.3 is 5.32 Å². The highest BCUT2D eigenvalue weighted by Gasteiger charge is 2.19. The normalized spacial score (nSPS) is 12.6. The van der Waals surface area contributed by atoms with Gasteiger partial charge in [0.15, 0.2) is 0 Å². The Labute approximate surface area is 179 Å². The molecular weight excluding hydrogens is 408 g/mol. The van der Waals surface area contributed by atoms with Gasteiger partial charge in [-0.2, -0.15) is 0 Å². The lowest BCUT2D eigenvalue weighted by molar-refractivity contribution is -0.122. The predicted octanol–water partition coefficient (Wildman–Crippen LogP) is 4.79. The smallest absolute Gasteiger partial charge is 0.232 e. The number of amides is 1. The second kappa shape index (κ2) is 10.6. The third-order valence-corrected chi connectivity index (χ3v) is 5.93. The maximum absolute atomic E-state index is 12.5. The molecule has 0 aliphatic rings. The van der Waals surface area contributed by atoms with Gasteiger partial charge in [0.25, 0.3) is 0 Å². The van der Waals surface area contributed by atoms with E-state index in [-0.39, 0.29) is 24.9 Å². The number of halogens is 1. The molecule has 0 aliphatic heterocycles. The summed E-state index contributed by atoms with van der Waals surface area (Å²) in [5.41, 5.74) is 1.58. The van der Waals surface area contributed by atoms with E-state index in [2.05, 4.69) is 19.2 Å². The summed E-state index contributed by atoms with van der Waals surface area (Å²) < 4.78 is 25.7. The Morgan fingerprint density at radius 3 is 2.38 bits per heavy atom. The van der Waals surface area contributed by atoms with E-state index in [1.165, 1.54) is 4.31 Å². The topological polar surface area (TPSA) is 66.5 Å². The molecule has 5 nitrogen and oxygen atoms in total. The number of anilines is 1. The van der Waals surface area contributed by atoms with Gasteiger partial charge in [-0.15, -0.1) is 0 Å². The molecule has 2 aromatic carbocycles. The first-order valence-corrected chi connectivity index (χ1v) is 12.0. The first-order valence-electron chi connectivity index (χ1n) is 9.74. The van der Waals surface area contributed by atoms with E-state index in [0.717, 1.165) is 18.2 Å². The zero-order chi connectivity index (χ0) is 21.4. The van der Waals surface area contributed by atoms with E-state index in [0.29, 0.717) is 23.0 Å². The Morgan fingerprint density at radius 1 is 1.10 bits per heavy atom. The molecule has 0 radical (unpaired) electrons. The van der Waals surface area contributed by atoms with Gasteiger partial charge in [0.2, 0.25) is 15.9 Å². The van der Waals surface area contributed by atoms with E-state index in [9.17, 15) is 13.2 Å². The number of hydrogen-bond acceptors (Lipinski definition) is 3. The minimum absolute atomic E-state index is 0.0531. The molecule has 0 bridgehead atoms. The highest BCUT2D eigenvalue weighted by atomic mass is 35.5. The Hall–Kier alpha value is -2.05. The molecule has 0 aromatic heterocycles. The molecule has 29 heavy (non-hydrogen) atoms. The fraction of sp³-hybridized carbons (Fsp3) is 0.409. The average Bonchev–Trinajstić information content (AvgIpc) is 2.64. The van der Waals surface area contributed by atoms with Crippen molar-refractivity contribution < 1.29 is 13.2 Å². The number of nitrogens with zero attached hydrogens (tertiary/aromatic N) is 1. The van der Waals surface area contributed by atoms with Crippen LogP contribution in [-0.2, 0) is 14.8 Å². The third-order valence-electron chi connectivity index (χ3n) is 4.51. The van der Waals surface area contributed by atoms with E-state index in [1.807, 2.05) is 30.3 Å². The van der Waals surface area contributed by atoms with Crippen molar-refractivity contribution in [3.8, 4) is 0 Å². The van der Waals surface area contributed by atoms with Crippen LogP contribution in [0.4, 0.5) is 5.69 Å². The Kier molecular flexibility index (Phi) is 8.53. The van der Waals surface area contributed by atoms with Crippen LogP contribution in [-0.4, -0.2) is 27.1 Å². The molecule has 0 heterocycles. The lowest BCUT2D eigenvalue weighted by Gasteiger charge is -2.23. The van der Waals surface area contributed by atoms with E-state index in [4.69, 9.17) is 11.6 Å². The van der Waals surface area contributed by atoms with Crippen molar-refractivity contribution in [1.29, 1.82) is 0 Å². The maximum atomic E-state index is 12.5. The van der Waals surface area contributed by atoms with Crippen LogP contribution < -0.4 is 9.62 Å². The highest BCUT2D eigenvalue weighted by Crippen LogP contribution is 2.23. The monoisotopic (exact) mass is 436 g/mol. The Morgan fingerprint density at radius 2 is 1.79 bits per heavy atom. The van der Waals surface area contributed by atoms with E-state index >= 15 is 0 Å². The summed E-state index contributed by atoms with van der Waals surface area (Å²) in [6.45, 7) is 4.46. The maximum Gasteiger partial charge on any atom is 0.232 e. The fourth-order valence-electron chi connectivity index (χ4n) is 3.20. The second-order valence-electron chi connectivity index (χ2n) is 7.58. The van der Waals surface area contributed by atoms with Crippen LogP contribution >= 0.6 is 11.6 Å². The van der Waals surface area contributed by atoms with E-state index < -0.39 is 10.0 Å². The molecule has 0 saturated carbocycles. The highest BCUT2D eigenvalue weighted by molar-refractivity contribution is 7.92. The second-order valence-corrected chi connectivity index (χ2v) is 9.92. The fourth-order valence-corrected chi connectivity index (χ4v) is 4.34. The average molecular weight is 437 g/mol. The molecule has 0 fully saturated rings. The molecule has 2 rings (SSSR count). The summed E-state index contributed by atoms with van der Waals surface area (Å²) in [5.74, 6) is 0.350. The van der Waals surface area contributed by atoms with Gasteiger partial charge in [0.1, 0.15) is 0 Å². The zero-order valence-electron chi connectivity index (χ0n) is 17.1. The third kappa shape index (κ3) is 7.71. The van der Waals surface area contributed by atoms with Gasteiger partial charge in [-0.25, -0.2) is 8.42 Å². The number of carbonyl (C=O) groups is 1. The van der Waals surface area contributed by atoms with Crippen LogP contribution in [0.3, 0.4) is 0 Å². The molecule has 1 atom stereocenters. The summed E-state index contributed by atoms with van der Waals surface area (Å²) in [4.78, 5) is 12.5. The molecule has 0 saturated heterocycles. The summed E-state index contributed by atoms with van der Waals surface area (Å²) >= 11 is 5.99. The SMILES string of the molecule is CC(C)C[C@H](NC(=O)CCCN(c1cccc(Cl)c1)S(C)(=O)=O)c1ccccc1. The number of hydrogen-bond donors (Lipinski definition) is 1. The predicted molar refractivity (Wildman–Crippen MR) is 120 cm³/mol. The van der Waals surface area contributed by atoms with Crippen molar-refractivity contribution in [3.05, 3.63) is 65.2 Å². The largest absolute Gasteiger partial charge is 0.349 e. The molecule has 2 aromatic rings. The van der Waals surface area contributed by atoms with Gasteiger partial charge >= 0.3 is 0 Å². The quantitative estimate of drug-likeness (QED) is 0.582. The number of benzene rings is 2. The van der Waals surface area contributed by atoms with Gasteiger partial charge in [-0.3, -0.25) is 9.10 Å². The van der Waals surface area contributed by atoms with Crippen LogP contribution in [0.25, 0.3) is 0 Å².